The molecule has 9 nitrogen and oxygen atoms in total. The van der Waals surface area contributed by atoms with Crippen LogP contribution in [0.15, 0.2) is 23.3 Å². The second kappa shape index (κ2) is 9.65. The van der Waals surface area contributed by atoms with Gasteiger partial charge in [0.05, 0.1) is 50.7 Å². The SMILES string of the molecule is COc1cc2ncn(CCCC(=O)N3CCCCC3C3OCCO3)c(=O)c2cc1OC. The third-order valence-corrected chi connectivity index (χ3v) is 5.95. The van der Waals surface area contributed by atoms with Crippen molar-refractivity contribution in [1.82, 2.24) is 14.5 Å². The number of aromatic nitrogens is 2. The average molecular weight is 431 g/mol. The summed E-state index contributed by atoms with van der Waals surface area (Å²) < 4.78 is 23.4. The van der Waals surface area contributed by atoms with Gasteiger partial charge in [0.1, 0.15) is 0 Å². The lowest BCUT2D eigenvalue weighted by Crippen LogP contribution is -2.50. The molecule has 4 rings (SSSR count). The highest BCUT2D eigenvalue weighted by Crippen LogP contribution is 2.30. The van der Waals surface area contributed by atoms with Crippen molar-refractivity contribution in [1.29, 1.82) is 0 Å². The average Bonchev–Trinajstić information content (AvgIpc) is 3.34. The zero-order chi connectivity index (χ0) is 21.8. The molecule has 0 bridgehead atoms. The lowest BCUT2D eigenvalue weighted by molar-refractivity contribution is -0.150. The Morgan fingerprint density at radius 1 is 1.16 bits per heavy atom. The fourth-order valence-electron chi connectivity index (χ4n) is 4.34. The van der Waals surface area contributed by atoms with Crippen molar-refractivity contribution in [2.45, 2.75) is 51.0 Å². The van der Waals surface area contributed by atoms with E-state index in [9.17, 15) is 9.59 Å². The van der Waals surface area contributed by atoms with Crippen LogP contribution in [0.4, 0.5) is 0 Å². The van der Waals surface area contributed by atoms with Crippen LogP contribution in [0.1, 0.15) is 32.1 Å². The fraction of sp³-hybridized carbons (Fsp3) is 0.591. The number of carbonyl (C=O) groups is 1. The first-order valence-corrected chi connectivity index (χ1v) is 10.8. The Hall–Kier alpha value is -2.65. The quantitative estimate of drug-likeness (QED) is 0.662. The molecule has 1 aromatic carbocycles. The van der Waals surface area contributed by atoms with E-state index in [1.165, 1.54) is 13.4 Å². The minimum absolute atomic E-state index is 0.0174. The standard InChI is InChI=1S/C22H29N3O6/c1-28-18-12-15-16(13-19(18)29-2)23-14-24(21(15)27)8-5-7-20(26)25-9-4-3-6-17(25)22-30-10-11-31-22/h12-14,17,22H,3-11H2,1-2H3. The van der Waals surface area contributed by atoms with E-state index in [2.05, 4.69) is 4.98 Å². The van der Waals surface area contributed by atoms with E-state index in [4.69, 9.17) is 18.9 Å². The van der Waals surface area contributed by atoms with Gasteiger partial charge in [0, 0.05) is 25.6 Å². The van der Waals surface area contributed by atoms with Crippen molar-refractivity contribution in [3.05, 3.63) is 28.8 Å². The molecule has 1 unspecified atom stereocenters. The first kappa shape index (κ1) is 21.6. The molecule has 2 aliphatic heterocycles. The summed E-state index contributed by atoms with van der Waals surface area (Å²) in [6.07, 6.45) is 5.08. The molecule has 0 aliphatic carbocycles. The van der Waals surface area contributed by atoms with Gasteiger partial charge in [-0.3, -0.25) is 14.2 Å². The first-order chi connectivity index (χ1) is 15.1. The highest BCUT2D eigenvalue weighted by atomic mass is 16.7. The van der Waals surface area contributed by atoms with Gasteiger partial charge in [0.15, 0.2) is 17.8 Å². The van der Waals surface area contributed by atoms with Gasteiger partial charge in [-0.15, -0.1) is 0 Å². The van der Waals surface area contributed by atoms with Crippen molar-refractivity contribution in [2.24, 2.45) is 0 Å². The van der Waals surface area contributed by atoms with Gasteiger partial charge in [-0.25, -0.2) is 4.98 Å². The van der Waals surface area contributed by atoms with Crippen LogP contribution < -0.4 is 15.0 Å². The van der Waals surface area contributed by atoms with Crippen molar-refractivity contribution >= 4 is 16.8 Å². The van der Waals surface area contributed by atoms with Crippen LogP contribution in [-0.4, -0.2) is 66.7 Å². The van der Waals surface area contributed by atoms with E-state index in [0.29, 0.717) is 55.0 Å². The lowest BCUT2D eigenvalue weighted by Gasteiger charge is -2.38. The molecule has 2 aromatic rings. The zero-order valence-electron chi connectivity index (χ0n) is 18.0. The Morgan fingerprint density at radius 2 is 1.90 bits per heavy atom. The molecular formula is C22H29N3O6. The lowest BCUT2D eigenvalue weighted by atomic mass is 10.0. The number of piperidine rings is 1. The maximum Gasteiger partial charge on any atom is 0.261 e. The summed E-state index contributed by atoms with van der Waals surface area (Å²) in [4.78, 5) is 32.1. The number of benzene rings is 1. The van der Waals surface area contributed by atoms with Gasteiger partial charge in [0.2, 0.25) is 5.91 Å². The molecule has 0 spiro atoms. The fourth-order valence-corrected chi connectivity index (χ4v) is 4.34. The Morgan fingerprint density at radius 3 is 2.65 bits per heavy atom. The summed E-state index contributed by atoms with van der Waals surface area (Å²) in [5.41, 5.74) is 0.379. The zero-order valence-corrected chi connectivity index (χ0v) is 18.0. The molecule has 1 amide bonds. The number of likely N-dealkylation sites (tertiary alicyclic amines) is 1. The van der Waals surface area contributed by atoms with Crippen molar-refractivity contribution < 1.29 is 23.7 Å². The number of rotatable bonds is 7. The van der Waals surface area contributed by atoms with Crippen LogP contribution >= 0.6 is 0 Å². The van der Waals surface area contributed by atoms with Crippen LogP contribution in [-0.2, 0) is 20.8 Å². The molecule has 2 fully saturated rings. The Labute approximate surface area is 180 Å². The first-order valence-electron chi connectivity index (χ1n) is 10.8. The number of nitrogens with zero attached hydrogens (tertiary/aromatic N) is 3. The molecule has 0 saturated carbocycles. The topological polar surface area (TPSA) is 92.1 Å². The number of hydrogen-bond donors (Lipinski definition) is 0. The number of aryl methyl sites for hydroxylation is 1. The predicted octanol–water partition coefficient (Wildman–Crippen LogP) is 1.95. The van der Waals surface area contributed by atoms with E-state index >= 15 is 0 Å². The summed E-state index contributed by atoms with van der Waals surface area (Å²) in [5, 5.41) is 0.457. The molecule has 1 aromatic heterocycles. The maximum absolute atomic E-state index is 12.9. The minimum Gasteiger partial charge on any atom is -0.493 e. The summed E-state index contributed by atoms with van der Waals surface area (Å²) in [5.74, 6) is 1.09. The van der Waals surface area contributed by atoms with Gasteiger partial charge in [-0.05, 0) is 31.7 Å². The highest BCUT2D eigenvalue weighted by molar-refractivity contribution is 5.81. The van der Waals surface area contributed by atoms with Crippen LogP contribution in [0.5, 0.6) is 11.5 Å². The highest BCUT2D eigenvalue weighted by Gasteiger charge is 2.35. The van der Waals surface area contributed by atoms with Gasteiger partial charge in [0.25, 0.3) is 5.56 Å². The van der Waals surface area contributed by atoms with E-state index < -0.39 is 0 Å². The minimum atomic E-state index is -0.316. The van der Waals surface area contributed by atoms with Crippen LogP contribution in [0, 0.1) is 0 Å². The Balaban J connectivity index is 1.42. The van der Waals surface area contributed by atoms with Gasteiger partial charge < -0.3 is 23.8 Å². The number of hydrogen-bond acceptors (Lipinski definition) is 7. The van der Waals surface area contributed by atoms with Gasteiger partial charge in [-0.1, -0.05) is 0 Å². The second-order valence-corrected chi connectivity index (χ2v) is 7.83. The smallest absolute Gasteiger partial charge is 0.261 e. The van der Waals surface area contributed by atoms with Crippen LogP contribution in [0.2, 0.25) is 0 Å². The third-order valence-electron chi connectivity index (χ3n) is 5.95. The number of methoxy groups -OCH3 is 2. The number of ether oxygens (including phenoxy) is 4. The molecule has 2 aliphatic rings. The van der Waals surface area contributed by atoms with Crippen LogP contribution in [0.25, 0.3) is 10.9 Å². The molecule has 3 heterocycles. The summed E-state index contributed by atoms with van der Waals surface area (Å²) in [6, 6.07) is 3.31. The van der Waals surface area contributed by atoms with Crippen LogP contribution in [0.3, 0.4) is 0 Å². The molecule has 1 atom stereocenters. The summed E-state index contributed by atoms with van der Waals surface area (Å²) in [7, 11) is 3.07. The van der Waals surface area contributed by atoms with Crippen molar-refractivity contribution in [3.63, 3.8) is 0 Å². The number of fused-ring (bicyclic) bond motifs is 1. The van der Waals surface area contributed by atoms with Crippen molar-refractivity contribution in [2.75, 3.05) is 34.0 Å². The maximum atomic E-state index is 12.9. The summed E-state index contributed by atoms with van der Waals surface area (Å²) in [6.45, 7) is 2.30. The molecule has 0 N–H and O–H groups in total. The molecule has 0 radical (unpaired) electrons. The van der Waals surface area contributed by atoms with Crippen molar-refractivity contribution in [3.8, 4) is 11.5 Å². The monoisotopic (exact) mass is 431 g/mol. The normalized spacial score (nSPS) is 19.7. The summed E-state index contributed by atoms with van der Waals surface area (Å²) >= 11 is 0. The van der Waals surface area contributed by atoms with E-state index in [1.54, 1.807) is 23.8 Å². The van der Waals surface area contributed by atoms with Gasteiger partial charge >= 0.3 is 0 Å². The van der Waals surface area contributed by atoms with Gasteiger partial charge in [-0.2, -0.15) is 0 Å². The van der Waals surface area contributed by atoms with E-state index in [0.717, 1.165) is 25.8 Å². The molecule has 2 saturated heterocycles. The number of amides is 1. The van der Waals surface area contributed by atoms with E-state index in [-0.39, 0.29) is 23.8 Å². The Bertz CT molecular complexity index is 985. The second-order valence-electron chi connectivity index (χ2n) is 7.83. The molecular weight excluding hydrogens is 402 g/mol. The molecule has 31 heavy (non-hydrogen) atoms. The molecule has 168 valence electrons. The largest absolute Gasteiger partial charge is 0.493 e. The van der Waals surface area contributed by atoms with E-state index in [1.807, 2.05) is 4.90 Å². The predicted molar refractivity (Wildman–Crippen MR) is 113 cm³/mol. The number of carbonyl (C=O) groups excluding carboxylic acids is 1. The Kier molecular flexibility index (Phi) is 6.72. The third kappa shape index (κ3) is 4.52. The molecule has 9 heteroatoms.